The molecule has 0 bridgehead atoms. The fourth-order valence-corrected chi connectivity index (χ4v) is 2.61. The average molecular weight is 389 g/mol. The highest BCUT2D eigenvalue weighted by molar-refractivity contribution is 5.94. The lowest BCUT2D eigenvalue weighted by atomic mass is 10.00. The van der Waals surface area contributed by atoms with Crippen LogP contribution in [0.3, 0.4) is 0 Å². The van der Waals surface area contributed by atoms with Gasteiger partial charge in [0.05, 0.1) is 6.04 Å². The molecular formula is C21H31N3O4. The van der Waals surface area contributed by atoms with Gasteiger partial charge in [0.2, 0.25) is 17.7 Å². The van der Waals surface area contributed by atoms with Crippen molar-refractivity contribution in [3.05, 3.63) is 35.4 Å². The van der Waals surface area contributed by atoms with Crippen LogP contribution in [-0.2, 0) is 25.6 Å². The maximum absolute atomic E-state index is 12.8. The summed E-state index contributed by atoms with van der Waals surface area (Å²) in [6.07, 6.45) is 0.308. The van der Waals surface area contributed by atoms with E-state index >= 15 is 0 Å². The topological polar surface area (TPSA) is 104 Å². The summed E-state index contributed by atoms with van der Waals surface area (Å²) in [5, 5.41) is 7.98. The first-order chi connectivity index (χ1) is 13.0. The summed E-state index contributed by atoms with van der Waals surface area (Å²) in [5.74, 6) is -1.57. The maximum atomic E-state index is 12.8. The van der Waals surface area contributed by atoms with Crippen LogP contribution in [0.15, 0.2) is 24.3 Å². The van der Waals surface area contributed by atoms with Crippen molar-refractivity contribution in [1.82, 2.24) is 16.0 Å². The first-order valence-electron chi connectivity index (χ1n) is 9.45. The molecule has 1 aromatic rings. The number of hydrogen-bond donors (Lipinski definition) is 3. The van der Waals surface area contributed by atoms with Gasteiger partial charge in [0.1, 0.15) is 12.1 Å². The van der Waals surface area contributed by atoms with Crippen LogP contribution in [0.25, 0.3) is 0 Å². The van der Waals surface area contributed by atoms with Crippen molar-refractivity contribution in [2.24, 2.45) is 5.92 Å². The number of nitrogens with one attached hydrogen (secondary N) is 3. The van der Waals surface area contributed by atoms with E-state index in [2.05, 4.69) is 16.0 Å². The smallest absolute Gasteiger partial charge is 0.243 e. The third kappa shape index (κ3) is 7.50. The van der Waals surface area contributed by atoms with Crippen LogP contribution >= 0.6 is 0 Å². The Morgan fingerprint density at radius 1 is 0.857 bits per heavy atom. The van der Waals surface area contributed by atoms with Gasteiger partial charge in [-0.1, -0.05) is 43.7 Å². The minimum absolute atomic E-state index is 0.169. The van der Waals surface area contributed by atoms with E-state index in [0.717, 1.165) is 11.1 Å². The summed E-state index contributed by atoms with van der Waals surface area (Å²) in [6.45, 7) is 9.90. The molecule has 154 valence electrons. The van der Waals surface area contributed by atoms with Gasteiger partial charge in [0, 0.05) is 13.3 Å². The SMILES string of the molecule is CC(=O)NC(Cc1ccc(C)cc1)C(=O)NC(C(=O)NC(C)C(C)=O)C(C)C. The Hall–Kier alpha value is -2.70. The summed E-state index contributed by atoms with van der Waals surface area (Å²) >= 11 is 0. The van der Waals surface area contributed by atoms with Gasteiger partial charge in [-0.25, -0.2) is 0 Å². The predicted molar refractivity (Wildman–Crippen MR) is 108 cm³/mol. The highest BCUT2D eigenvalue weighted by Gasteiger charge is 2.29. The molecule has 1 rings (SSSR count). The number of hydrogen-bond acceptors (Lipinski definition) is 4. The number of rotatable bonds is 9. The van der Waals surface area contributed by atoms with Gasteiger partial charge in [-0.15, -0.1) is 0 Å². The zero-order chi connectivity index (χ0) is 21.4. The third-order valence-corrected chi connectivity index (χ3v) is 4.47. The van der Waals surface area contributed by atoms with Crippen molar-refractivity contribution in [2.75, 3.05) is 0 Å². The first-order valence-corrected chi connectivity index (χ1v) is 9.45. The molecule has 1 aromatic carbocycles. The van der Waals surface area contributed by atoms with Crippen molar-refractivity contribution in [1.29, 1.82) is 0 Å². The Kier molecular flexibility index (Phi) is 8.82. The molecule has 0 heterocycles. The second-order valence-corrected chi connectivity index (χ2v) is 7.51. The molecule has 0 aliphatic heterocycles. The Balaban J connectivity index is 2.92. The minimum Gasteiger partial charge on any atom is -0.345 e. The molecule has 0 aliphatic carbocycles. The van der Waals surface area contributed by atoms with Crippen molar-refractivity contribution < 1.29 is 19.2 Å². The summed E-state index contributed by atoms with van der Waals surface area (Å²) in [6, 6.07) is 5.42. The van der Waals surface area contributed by atoms with Gasteiger partial charge in [-0.05, 0) is 32.3 Å². The van der Waals surface area contributed by atoms with Crippen LogP contribution in [0, 0.1) is 12.8 Å². The minimum atomic E-state index is -0.816. The molecule has 0 radical (unpaired) electrons. The molecular weight excluding hydrogens is 358 g/mol. The van der Waals surface area contributed by atoms with Crippen molar-refractivity contribution in [3.8, 4) is 0 Å². The molecule has 0 saturated heterocycles. The van der Waals surface area contributed by atoms with Gasteiger partial charge in [0.25, 0.3) is 0 Å². The lowest BCUT2D eigenvalue weighted by molar-refractivity contribution is -0.133. The van der Waals surface area contributed by atoms with Crippen molar-refractivity contribution in [3.63, 3.8) is 0 Å². The number of benzene rings is 1. The predicted octanol–water partition coefficient (Wildman–Crippen LogP) is 1.28. The van der Waals surface area contributed by atoms with Crippen LogP contribution < -0.4 is 16.0 Å². The number of ketones is 1. The molecule has 3 amide bonds. The van der Waals surface area contributed by atoms with Crippen LogP contribution in [0.1, 0.15) is 45.7 Å². The van der Waals surface area contributed by atoms with Gasteiger partial charge >= 0.3 is 0 Å². The highest BCUT2D eigenvalue weighted by Crippen LogP contribution is 2.08. The molecule has 0 aliphatic rings. The van der Waals surface area contributed by atoms with E-state index in [1.165, 1.54) is 13.8 Å². The van der Waals surface area contributed by atoms with E-state index < -0.39 is 29.9 Å². The second-order valence-electron chi connectivity index (χ2n) is 7.51. The van der Waals surface area contributed by atoms with E-state index in [9.17, 15) is 19.2 Å². The van der Waals surface area contributed by atoms with Crippen LogP contribution in [0.5, 0.6) is 0 Å². The molecule has 3 atom stereocenters. The zero-order valence-corrected chi connectivity index (χ0v) is 17.5. The molecule has 28 heavy (non-hydrogen) atoms. The van der Waals surface area contributed by atoms with Gasteiger partial charge in [0.15, 0.2) is 5.78 Å². The van der Waals surface area contributed by atoms with Crippen LogP contribution in [-0.4, -0.2) is 41.6 Å². The van der Waals surface area contributed by atoms with Crippen LogP contribution in [0.4, 0.5) is 0 Å². The summed E-state index contributed by atoms with van der Waals surface area (Å²) in [5.41, 5.74) is 2.00. The Bertz CT molecular complexity index is 713. The number of carbonyl (C=O) groups is 4. The van der Waals surface area contributed by atoms with E-state index in [1.807, 2.05) is 31.2 Å². The van der Waals surface area contributed by atoms with E-state index in [1.54, 1.807) is 20.8 Å². The van der Waals surface area contributed by atoms with Gasteiger partial charge < -0.3 is 16.0 Å². The third-order valence-electron chi connectivity index (χ3n) is 4.47. The van der Waals surface area contributed by atoms with Gasteiger partial charge in [-0.3, -0.25) is 19.2 Å². The summed E-state index contributed by atoms with van der Waals surface area (Å²) in [4.78, 5) is 48.3. The van der Waals surface area contributed by atoms with E-state index in [0.29, 0.717) is 6.42 Å². The highest BCUT2D eigenvalue weighted by atomic mass is 16.2. The fraction of sp³-hybridized carbons (Fsp3) is 0.524. The summed E-state index contributed by atoms with van der Waals surface area (Å²) in [7, 11) is 0. The largest absolute Gasteiger partial charge is 0.345 e. The fourth-order valence-electron chi connectivity index (χ4n) is 2.61. The number of carbonyl (C=O) groups excluding carboxylic acids is 4. The average Bonchev–Trinajstić information content (AvgIpc) is 2.59. The zero-order valence-electron chi connectivity index (χ0n) is 17.5. The van der Waals surface area contributed by atoms with E-state index in [-0.39, 0.29) is 17.6 Å². The molecule has 0 aromatic heterocycles. The molecule has 0 fully saturated rings. The Morgan fingerprint density at radius 2 is 1.43 bits per heavy atom. The molecule has 7 heteroatoms. The maximum Gasteiger partial charge on any atom is 0.243 e. The number of amides is 3. The lowest BCUT2D eigenvalue weighted by Crippen LogP contribution is -2.57. The number of aryl methyl sites for hydroxylation is 1. The van der Waals surface area contributed by atoms with Crippen molar-refractivity contribution in [2.45, 2.75) is 66.1 Å². The Morgan fingerprint density at radius 3 is 1.89 bits per heavy atom. The van der Waals surface area contributed by atoms with E-state index in [4.69, 9.17) is 0 Å². The molecule has 3 unspecified atom stereocenters. The van der Waals surface area contributed by atoms with Crippen LogP contribution in [0.2, 0.25) is 0 Å². The molecule has 0 saturated carbocycles. The standard InChI is InChI=1S/C21H31N3O4/c1-12(2)19(21(28)22-14(4)15(5)25)24-20(27)18(23-16(6)26)11-17-9-7-13(3)8-10-17/h7-10,12,14,18-19H,11H2,1-6H3,(H,22,28)(H,23,26)(H,24,27). The first kappa shape index (κ1) is 23.3. The normalized spacial score (nSPS) is 14.0. The lowest BCUT2D eigenvalue weighted by Gasteiger charge is -2.26. The molecule has 3 N–H and O–H groups in total. The summed E-state index contributed by atoms with van der Waals surface area (Å²) < 4.78 is 0. The quantitative estimate of drug-likeness (QED) is 0.592. The van der Waals surface area contributed by atoms with Gasteiger partial charge in [-0.2, -0.15) is 0 Å². The Labute approximate surface area is 166 Å². The molecule has 7 nitrogen and oxygen atoms in total. The molecule has 0 spiro atoms. The monoisotopic (exact) mass is 389 g/mol. The number of Topliss-reactive ketones (excluding diaryl/α,β-unsaturated/α-hetero) is 1. The van der Waals surface area contributed by atoms with Crippen molar-refractivity contribution >= 4 is 23.5 Å². The second kappa shape index (κ2) is 10.6.